The number of hydrogen-bond acceptors (Lipinski definition) is 3. The molecule has 0 amide bonds. The van der Waals surface area contributed by atoms with Gasteiger partial charge in [0.05, 0.1) is 6.61 Å². The van der Waals surface area contributed by atoms with Crippen molar-refractivity contribution in [1.29, 1.82) is 0 Å². The van der Waals surface area contributed by atoms with Crippen LogP contribution in [0, 0.1) is 5.92 Å². The molecule has 0 spiro atoms. The van der Waals surface area contributed by atoms with E-state index < -0.39 is 0 Å². The lowest BCUT2D eigenvalue weighted by Gasteiger charge is -2.32. The Labute approximate surface area is 137 Å². The van der Waals surface area contributed by atoms with Crippen molar-refractivity contribution in [1.82, 2.24) is 10.2 Å². The van der Waals surface area contributed by atoms with Crippen molar-refractivity contribution in [3.8, 4) is 0 Å². The number of benzene rings is 1. The normalized spacial score (nSPS) is 17.3. The van der Waals surface area contributed by atoms with Crippen LogP contribution in [0.3, 0.4) is 0 Å². The van der Waals surface area contributed by atoms with Gasteiger partial charge in [0.25, 0.3) is 0 Å². The van der Waals surface area contributed by atoms with E-state index in [1.54, 1.807) is 7.11 Å². The molecule has 1 heterocycles. The SMILES string of the molecule is COCCNCC1CCN(Cc2ccc(Cl)cc2Cl)CC1. The molecule has 0 unspecified atom stereocenters. The van der Waals surface area contributed by atoms with Gasteiger partial charge >= 0.3 is 0 Å². The van der Waals surface area contributed by atoms with Crippen molar-refractivity contribution >= 4 is 23.2 Å². The Balaban J connectivity index is 1.71. The van der Waals surface area contributed by atoms with Crippen LogP contribution in [-0.2, 0) is 11.3 Å². The summed E-state index contributed by atoms with van der Waals surface area (Å²) < 4.78 is 5.04. The number of likely N-dealkylation sites (tertiary alicyclic amines) is 1. The Kier molecular flexibility index (Phi) is 7.27. The summed E-state index contributed by atoms with van der Waals surface area (Å²) in [4.78, 5) is 2.47. The van der Waals surface area contributed by atoms with Crippen LogP contribution in [0.2, 0.25) is 10.0 Å². The van der Waals surface area contributed by atoms with E-state index in [-0.39, 0.29) is 0 Å². The highest BCUT2D eigenvalue weighted by Gasteiger charge is 2.19. The van der Waals surface area contributed by atoms with Crippen molar-refractivity contribution in [3.63, 3.8) is 0 Å². The highest BCUT2D eigenvalue weighted by molar-refractivity contribution is 6.35. The number of halogens is 2. The molecule has 0 atom stereocenters. The lowest BCUT2D eigenvalue weighted by Crippen LogP contribution is -2.37. The van der Waals surface area contributed by atoms with Gasteiger partial charge in [-0.25, -0.2) is 0 Å². The summed E-state index contributed by atoms with van der Waals surface area (Å²) in [6.07, 6.45) is 2.48. The number of nitrogens with zero attached hydrogens (tertiary/aromatic N) is 1. The Morgan fingerprint density at radius 3 is 2.71 bits per heavy atom. The maximum atomic E-state index is 6.24. The van der Waals surface area contributed by atoms with E-state index in [4.69, 9.17) is 27.9 Å². The van der Waals surface area contributed by atoms with Crippen molar-refractivity contribution in [3.05, 3.63) is 33.8 Å². The zero-order valence-corrected chi connectivity index (χ0v) is 14.1. The fraction of sp³-hybridized carbons (Fsp3) is 0.625. The fourth-order valence-corrected chi connectivity index (χ4v) is 3.19. The van der Waals surface area contributed by atoms with Crippen LogP contribution >= 0.6 is 23.2 Å². The average molecular weight is 331 g/mol. The molecule has 1 aromatic rings. The van der Waals surface area contributed by atoms with Gasteiger partial charge in [0.1, 0.15) is 0 Å². The van der Waals surface area contributed by atoms with Crippen molar-refractivity contribution in [2.45, 2.75) is 19.4 Å². The summed E-state index contributed by atoms with van der Waals surface area (Å²) >= 11 is 12.2. The standard InChI is InChI=1S/C16H24Cl2N2O/c1-21-9-6-19-11-13-4-7-20(8-5-13)12-14-2-3-15(17)10-16(14)18/h2-3,10,13,19H,4-9,11-12H2,1H3. The first-order valence-electron chi connectivity index (χ1n) is 7.55. The predicted octanol–water partition coefficient (Wildman–Crippen LogP) is 3.44. The maximum Gasteiger partial charge on any atom is 0.0587 e. The van der Waals surface area contributed by atoms with E-state index in [2.05, 4.69) is 10.2 Å². The molecule has 3 nitrogen and oxygen atoms in total. The van der Waals surface area contributed by atoms with E-state index in [1.807, 2.05) is 18.2 Å². The summed E-state index contributed by atoms with van der Waals surface area (Å²) in [5.74, 6) is 0.777. The Hall–Kier alpha value is -0.320. The third-order valence-corrected chi connectivity index (χ3v) is 4.62. The van der Waals surface area contributed by atoms with Crippen molar-refractivity contribution < 1.29 is 4.74 Å². The van der Waals surface area contributed by atoms with Gasteiger partial charge in [-0.3, -0.25) is 4.90 Å². The van der Waals surface area contributed by atoms with Crippen LogP contribution in [-0.4, -0.2) is 44.8 Å². The second-order valence-electron chi connectivity index (χ2n) is 5.65. The summed E-state index contributed by atoms with van der Waals surface area (Å²) in [5.41, 5.74) is 1.16. The first kappa shape index (κ1) is 17.0. The second-order valence-corrected chi connectivity index (χ2v) is 6.50. The number of piperidine rings is 1. The van der Waals surface area contributed by atoms with E-state index >= 15 is 0 Å². The molecule has 118 valence electrons. The molecular weight excluding hydrogens is 307 g/mol. The summed E-state index contributed by atoms with van der Waals surface area (Å²) in [6, 6.07) is 5.77. The van der Waals surface area contributed by atoms with E-state index in [0.717, 1.165) is 55.8 Å². The lowest BCUT2D eigenvalue weighted by atomic mass is 9.96. The Morgan fingerprint density at radius 1 is 1.29 bits per heavy atom. The van der Waals surface area contributed by atoms with Crippen LogP contribution in [0.5, 0.6) is 0 Å². The number of hydrogen-bond donors (Lipinski definition) is 1. The average Bonchev–Trinajstić information content (AvgIpc) is 2.48. The number of rotatable bonds is 7. The van der Waals surface area contributed by atoms with Gasteiger partial charge in [-0.1, -0.05) is 29.3 Å². The molecule has 1 aliphatic rings. The highest BCUT2D eigenvalue weighted by Crippen LogP contribution is 2.24. The quantitative estimate of drug-likeness (QED) is 0.775. The van der Waals surface area contributed by atoms with Crippen LogP contribution < -0.4 is 5.32 Å². The highest BCUT2D eigenvalue weighted by atomic mass is 35.5. The molecular formula is C16H24Cl2N2O. The van der Waals surface area contributed by atoms with Crippen molar-refractivity contribution in [2.24, 2.45) is 5.92 Å². The number of ether oxygens (including phenoxy) is 1. The van der Waals surface area contributed by atoms with Crippen LogP contribution in [0.25, 0.3) is 0 Å². The predicted molar refractivity (Wildman–Crippen MR) is 89.2 cm³/mol. The molecule has 1 aliphatic heterocycles. The molecule has 0 aliphatic carbocycles. The maximum absolute atomic E-state index is 6.24. The van der Waals surface area contributed by atoms with Gasteiger partial charge < -0.3 is 10.1 Å². The van der Waals surface area contributed by atoms with Crippen LogP contribution in [0.1, 0.15) is 18.4 Å². The second kappa shape index (κ2) is 8.96. The topological polar surface area (TPSA) is 24.5 Å². The van der Waals surface area contributed by atoms with Gasteiger partial charge in [0.15, 0.2) is 0 Å². The molecule has 0 saturated carbocycles. The first-order valence-corrected chi connectivity index (χ1v) is 8.30. The van der Waals surface area contributed by atoms with Gasteiger partial charge in [0.2, 0.25) is 0 Å². The number of nitrogens with one attached hydrogen (secondary N) is 1. The van der Waals surface area contributed by atoms with Crippen molar-refractivity contribution in [2.75, 3.05) is 39.9 Å². The molecule has 21 heavy (non-hydrogen) atoms. The van der Waals surface area contributed by atoms with E-state index in [0.29, 0.717) is 5.02 Å². The molecule has 0 aromatic heterocycles. The molecule has 2 rings (SSSR count). The number of methoxy groups -OCH3 is 1. The minimum atomic E-state index is 0.699. The van der Waals surface area contributed by atoms with Crippen LogP contribution in [0.15, 0.2) is 18.2 Å². The first-order chi connectivity index (χ1) is 10.2. The van der Waals surface area contributed by atoms with Gasteiger partial charge in [-0.15, -0.1) is 0 Å². The third kappa shape index (κ3) is 5.76. The summed E-state index contributed by atoms with van der Waals surface area (Å²) in [7, 11) is 1.74. The molecule has 5 heteroatoms. The zero-order valence-electron chi connectivity index (χ0n) is 12.6. The van der Waals surface area contributed by atoms with E-state index in [9.17, 15) is 0 Å². The summed E-state index contributed by atoms with van der Waals surface area (Å²) in [6.45, 7) is 6.01. The van der Waals surface area contributed by atoms with Crippen LogP contribution in [0.4, 0.5) is 0 Å². The van der Waals surface area contributed by atoms with Gasteiger partial charge in [-0.05, 0) is 56.1 Å². The van der Waals surface area contributed by atoms with Gasteiger partial charge in [-0.2, -0.15) is 0 Å². The molecule has 1 N–H and O–H groups in total. The molecule has 0 bridgehead atoms. The Morgan fingerprint density at radius 2 is 2.05 bits per heavy atom. The summed E-state index contributed by atoms with van der Waals surface area (Å²) in [5, 5.41) is 4.92. The largest absolute Gasteiger partial charge is 0.383 e. The molecule has 1 fully saturated rings. The minimum absolute atomic E-state index is 0.699. The zero-order chi connectivity index (χ0) is 15.1. The fourth-order valence-electron chi connectivity index (χ4n) is 2.72. The molecule has 0 radical (unpaired) electrons. The molecule has 1 aromatic carbocycles. The third-order valence-electron chi connectivity index (χ3n) is 4.03. The monoisotopic (exact) mass is 330 g/mol. The van der Waals surface area contributed by atoms with Gasteiger partial charge in [0, 0.05) is 30.2 Å². The van der Waals surface area contributed by atoms with E-state index in [1.165, 1.54) is 12.8 Å². The smallest absolute Gasteiger partial charge is 0.0587 e. The Bertz CT molecular complexity index is 434. The minimum Gasteiger partial charge on any atom is -0.383 e. The molecule has 1 saturated heterocycles. The lowest BCUT2D eigenvalue weighted by molar-refractivity contribution is 0.168.